The van der Waals surface area contributed by atoms with Crippen LogP contribution in [0.2, 0.25) is 0 Å². The van der Waals surface area contributed by atoms with Crippen molar-refractivity contribution in [2.45, 2.75) is 81.2 Å². The van der Waals surface area contributed by atoms with Crippen LogP contribution in [0.4, 0.5) is 11.8 Å². The number of methoxy groups -OCH3 is 1. The number of nitrogens with two attached hydrogens (primary N) is 2. The molecule has 3 saturated heterocycles. The first kappa shape index (κ1) is 56.7. The predicted octanol–water partition coefficient (Wildman–Crippen LogP) is -2.26. The quantitative estimate of drug-likeness (QED) is 0.0273. The molecule has 75 heavy (non-hydrogen) atoms. The minimum Gasteiger partial charge on any atom is -0.387 e. The summed E-state index contributed by atoms with van der Waals surface area (Å²) in [5.41, 5.74) is 7.78. The number of aliphatic hydroxyl groups is 3. The molecular formula is C36H53N12O23P4+. The van der Waals surface area contributed by atoms with Gasteiger partial charge in [0.15, 0.2) is 24.0 Å². The molecule has 35 nitrogen and oxygen atoms in total. The Morgan fingerprint density at radius 2 is 1.47 bits per heavy atom. The number of phosphoric ester groups is 2. The van der Waals surface area contributed by atoms with E-state index in [1.807, 2.05) is 4.98 Å². The molecule has 0 spiro atoms. The Balaban J connectivity index is 0.972. The highest BCUT2D eigenvalue weighted by Crippen LogP contribution is 2.68. The summed E-state index contributed by atoms with van der Waals surface area (Å²) < 4.78 is 106. The third-order valence-corrected chi connectivity index (χ3v) is 18.8. The fraction of sp³-hybridized carbons (Fsp3) is 0.611. The van der Waals surface area contributed by atoms with E-state index in [4.69, 9.17) is 44.0 Å². The molecular weight excluding hydrogens is 1090 g/mol. The number of nitrogens with one attached hydrogen (secondary N) is 2. The molecule has 13 N–H and O–H groups in total. The zero-order chi connectivity index (χ0) is 54.7. The molecule has 5 aromatic rings. The van der Waals surface area contributed by atoms with E-state index in [2.05, 4.69) is 33.5 Å². The normalized spacial score (nSPS) is 30.5. The average Bonchev–Trinajstić information content (AvgIpc) is 4.12. The Kier molecular flexibility index (Phi) is 16.4. The summed E-state index contributed by atoms with van der Waals surface area (Å²) in [6, 6.07) is 0.943. The maximum Gasteiger partial charge on any atom is 0.490 e. The van der Waals surface area contributed by atoms with Crippen molar-refractivity contribution in [3.63, 3.8) is 0 Å². The van der Waals surface area contributed by atoms with Gasteiger partial charge in [-0.05, 0) is 12.3 Å². The number of imidazole rings is 2. The molecule has 8 rings (SSSR count). The van der Waals surface area contributed by atoms with E-state index in [-0.39, 0.29) is 47.1 Å². The van der Waals surface area contributed by atoms with Crippen molar-refractivity contribution in [2.24, 2.45) is 24.8 Å². The summed E-state index contributed by atoms with van der Waals surface area (Å²) in [7, 11) is -20.2. The number of aromatic nitrogens is 10. The number of H-pyrrole nitrogens is 2. The van der Waals surface area contributed by atoms with Gasteiger partial charge in [-0.25, -0.2) is 38.0 Å². The molecule has 8 heterocycles. The highest BCUT2D eigenvalue weighted by Gasteiger charge is 2.58. The third-order valence-electron chi connectivity index (χ3n) is 12.6. The number of ether oxygens (including phenoxy) is 4. The molecule has 0 amide bonds. The zero-order valence-electron chi connectivity index (χ0n) is 39.6. The number of hydrogen-bond acceptors (Lipinski definition) is 25. The topological polar surface area (TPSA) is 498 Å². The number of anilines is 2. The lowest BCUT2D eigenvalue weighted by molar-refractivity contribution is -0.745. The number of aryl methyl sites for hydroxylation is 1. The Morgan fingerprint density at radius 1 is 0.813 bits per heavy atom. The van der Waals surface area contributed by atoms with Gasteiger partial charge in [0.25, 0.3) is 17.1 Å². The first-order valence-corrected chi connectivity index (χ1v) is 28.4. The van der Waals surface area contributed by atoms with Crippen LogP contribution in [0.5, 0.6) is 0 Å². The predicted molar refractivity (Wildman–Crippen MR) is 248 cm³/mol. The first-order valence-electron chi connectivity index (χ1n) is 22.3. The van der Waals surface area contributed by atoms with Crippen LogP contribution in [0, 0.1) is 17.8 Å². The van der Waals surface area contributed by atoms with Gasteiger partial charge in [0.2, 0.25) is 11.7 Å². The first-order chi connectivity index (χ1) is 35.1. The van der Waals surface area contributed by atoms with Crippen LogP contribution in [0.15, 0.2) is 45.6 Å². The van der Waals surface area contributed by atoms with Crippen molar-refractivity contribution in [1.82, 2.24) is 43.6 Å². The summed E-state index contributed by atoms with van der Waals surface area (Å²) >= 11 is 0. The van der Waals surface area contributed by atoms with Crippen molar-refractivity contribution in [3.05, 3.63) is 62.4 Å². The Hall–Kier alpha value is -4.54. The fourth-order valence-electron chi connectivity index (χ4n) is 9.26. The number of phosphoric acid groups is 3. The van der Waals surface area contributed by atoms with Gasteiger partial charge in [-0.15, -0.1) is 0 Å². The summed E-state index contributed by atoms with van der Waals surface area (Å²) in [6.45, 7) is 0.168. The van der Waals surface area contributed by atoms with Gasteiger partial charge in [-0.1, -0.05) is 18.8 Å². The van der Waals surface area contributed by atoms with Gasteiger partial charge < -0.3 is 69.8 Å². The van der Waals surface area contributed by atoms with Gasteiger partial charge in [0.1, 0.15) is 42.5 Å². The molecule has 0 saturated carbocycles. The average molecular weight is 1150 g/mol. The molecule has 3 aliphatic rings. The zero-order valence-corrected chi connectivity index (χ0v) is 43.2. The molecule has 414 valence electrons. The van der Waals surface area contributed by atoms with Crippen molar-refractivity contribution in [3.8, 4) is 0 Å². The highest BCUT2D eigenvalue weighted by molar-refractivity contribution is 7.66. The lowest BCUT2D eigenvalue weighted by atomic mass is 9.90. The van der Waals surface area contributed by atoms with Gasteiger partial charge in [-0.3, -0.25) is 46.9 Å². The van der Waals surface area contributed by atoms with E-state index in [0.717, 1.165) is 23.2 Å². The van der Waals surface area contributed by atoms with Crippen molar-refractivity contribution < 1.29 is 98.9 Å². The van der Waals surface area contributed by atoms with Crippen molar-refractivity contribution >= 4 is 65.2 Å². The second-order valence-corrected chi connectivity index (χ2v) is 24.4. The van der Waals surface area contributed by atoms with Crippen LogP contribution >= 0.6 is 31.1 Å². The van der Waals surface area contributed by atoms with Crippen molar-refractivity contribution in [2.75, 3.05) is 45.0 Å². The second kappa shape index (κ2) is 21.7. The molecule has 39 heteroatoms. The molecule has 0 bridgehead atoms. The number of nitrogen functional groups attached to an aromatic ring is 2. The van der Waals surface area contributed by atoms with Gasteiger partial charge in [0, 0.05) is 37.8 Å². The molecule has 0 radical (unpaired) electrons. The van der Waals surface area contributed by atoms with Gasteiger partial charge in [-0.2, -0.15) is 8.62 Å². The maximum absolute atomic E-state index is 14.5. The molecule has 16 atom stereocenters. The van der Waals surface area contributed by atoms with E-state index in [1.165, 1.54) is 40.5 Å². The molecule has 5 unspecified atom stereocenters. The number of rotatable bonds is 21. The number of aliphatic hydroxyl groups excluding tert-OH is 3. The number of nitrogens with zero attached hydrogens (tertiary/aromatic N) is 8. The van der Waals surface area contributed by atoms with E-state index >= 15 is 0 Å². The van der Waals surface area contributed by atoms with E-state index < -0.39 is 146 Å². The van der Waals surface area contributed by atoms with Gasteiger partial charge in [0.05, 0.1) is 51.1 Å². The number of hydrogen-bond donors (Lipinski definition) is 11. The lowest BCUT2D eigenvalue weighted by Crippen LogP contribution is -2.45. The monoisotopic (exact) mass is 1150 g/mol. The van der Waals surface area contributed by atoms with Gasteiger partial charge >= 0.3 is 42.4 Å². The summed E-state index contributed by atoms with van der Waals surface area (Å²) in [5, 5.41) is 33.0. The van der Waals surface area contributed by atoms with Crippen LogP contribution in [-0.2, 0) is 66.4 Å². The SMILES string of the molecule is COCC[C@H]1[C@@H](O)[C@H]([n+]2cn(C)c3c(=O)[nH]c(N)nc32)O[C@@H]1COP(=O)(O)OP(=O)(O)OP(=O)(O)OCC1O[C@@H](n2cnc3c(N)ncnc32)[C@H](C(C)C)[C@@H]1P(=O)(O)OC[C@H]1O[C@@H](n2ccc(=O)[nH]c2=O)[C@H](O)[C@@H]1O. The minimum absolute atomic E-state index is 0.00237. The standard InChI is InChI=1S/C36H52N12O23P4/c1-15(2)21-27(72(55,56)64-10-18-25(51)26(52)34(68-18)46-7-5-20(49)42-36(46)54)19(69-32(21)47-13-41-22-28(37)39-12-40-29(22)47)11-66-74(59,60)71-75(61,62)70-73(57,58)65-9-17-16(6-8-63-4)24(50)33(67-17)48-14-45(3)23-30(48)43-35(38)44-31(23)53/h5,7,12-19,21,24-27,32-34,50-52H,6,8-11H2,1-4H3,(H9-,37,38,39,40,42,43,44,49,53,54,55,56,57,58,59,60,61,62)/p+1/t16-,17-,18-,19?,21-,24-,25-,26-,27-,32-,33-,34-/m1/s1. The molecule has 0 aromatic carbocycles. The molecule has 5 aromatic heterocycles. The highest BCUT2D eigenvalue weighted by atomic mass is 31.3. The Morgan fingerprint density at radius 3 is 2.12 bits per heavy atom. The van der Waals surface area contributed by atoms with Crippen LogP contribution in [-0.4, -0.2) is 154 Å². The smallest absolute Gasteiger partial charge is 0.387 e. The Bertz CT molecular complexity index is 3300. The minimum atomic E-state index is -6.17. The Labute approximate surface area is 420 Å². The molecule has 3 fully saturated rings. The van der Waals surface area contributed by atoms with E-state index in [9.17, 15) is 67.5 Å². The van der Waals surface area contributed by atoms with Crippen LogP contribution in [0.1, 0.15) is 39.0 Å². The van der Waals surface area contributed by atoms with Crippen LogP contribution in [0.25, 0.3) is 22.3 Å². The number of fused-ring (bicyclic) bond motifs is 2. The summed E-state index contributed by atoms with van der Waals surface area (Å²) in [5.74, 6) is -3.02. The van der Waals surface area contributed by atoms with E-state index in [1.54, 1.807) is 13.8 Å². The molecule has 3 aliphatic heterocycles. The third kappa shape index (κ3) is 11.8. The number of aromatic amines is 2. The second-order valence-electron chi connectivity index (χ2n) is 17.8. The maximum atomic E-state index is 14.5. The van der Waals surface area contributed by atoms with Crippen LogP contribution < -0.4 is 32.8 Å². The van der Waals surface area contributed by atoms with Crippen LogP contribution in [0.3, 0.4) is 0 Å². The molecule has 0 aliphatic carbocycles. The lowest BCUT2D eigenvalue weighted by Gasteiger charge is -2.31. The summed E-state index contributed by atoms with van der Waals surface area (Å²) in [6.07, 6.45) is -9.25. The fourth-order valence-corrected chi connectivity index (χ4v) is 14.8. The van der Waals surface area contributed by atoms with Crippen molar-refractivity contribution in [1.29, 1.82) is 0 Å². The van der Waals surface area contributed by atoms with E-state index in [0.29, 0.717) is 0 Å². The summed E-state index contributed by atoms with van der Waals surface area (Å²) in [4.78, 5) is 101. The largest absolute Gasteiger partial charge is 0.490 e.